The van der Waals surface area contributed by atoms with E-state index in [2.05, 4.69) is 16.1 Å². The van der Waals surface area contributed by atoms with Gasteiger partial charge in [-0.05, 0) is 24.1 Å². The quantitative estimate of drug-likeness (QED) is 0.761. The number of carboxylic acid groups (broad SMARTS) is 1. The highest BCUT2D eigenvalue weighted by atomic mass is 16.5. The molecule has 0 saturated carbocycles. The van der Waals surface area contributed by atoms with Crippen LogP contribution < -0.4 is 4.74 Å². The Labute approximate surface area is 152 Å². The fourth-order valence-electron chi connectivity index (χ4n) is 3.38. The summed E-state index contributed by atoms with van der Waals surface area (Å²) in [4.78, 5) is 25.8. The van der Waals surface area contributed by atoms with Crippen LogP contribution in [-0.2, 0) is 17.8 Å². The number of fused-ring (bicyclic) bond motifs is 1. The molecule has 26 heavy (non-hydrogen) atoms. The van der Waals surface area contributed by atoms with E-state index in [0.29, 0.717) is 50.9 Å². The van der Waals surface area contributed by atoms with Gasteiger partial charge in [0.15, 0.2) is 5.66 Å². The number of methoxy groups -OCH3 is 1. The Morgan fingerprint density at radius 1 is 1.35 bits per heavy atom. The van der Waals surface area contributed by atoms with Crippen molar-refractivity contribution in [3.05, 3.63) is 28.8 Å². The van der Waals surface area contributed by atoms with Crippen LogP contribution in [0.1, 0.15) is 47.2 Å². The molecular weight excluding hydrogens is 334 g/mol. The zero-order valence-corrected chi connectivity index (χ0v) is 14.7. The molecular formula is C19H21N3O4. The van der Waals surface area contributed by atoms with E-state index in [1.807, 2.05) is 0 Å². The third-order valence-corrected chi connectivity index (χ3v) is 4.96. The molecule has 1 aromatic carbocycles. The normalized spacial score (nSPS) is 16.5. The molecule has 0 aromatic heterocycles. The lowest BCUT2D eigenvalue weighted by molar-refractivity contribution is -0.132. The Kier molecular flexibility index (Phi) is 4.94. The molecule has 1 N–H and O–H groups in total. The second-order valence-electron chi connectivity index (χ2n) is 6.53. The molecule has 3 rings (SSSR count). The molecule has 0 aliphatic carbocycles. The lowest BCUT2D eigenvalue weighted by Gasteiger charge is -2.31. The highest BCUT2D eigenvalue weighted by molar-refractivity contribution is 5.90. The molecule has 7 heteroatoms. The predicted molar refractivity (Wildman–Crippen MR) is 94.0 cm³/mol. The summed E-state index contributed by atoms with van der Waals surface area (Å²) in [5, 5.41) is 17.5. The molecule has 2 heterocycles. The minimum Gasteiger partial charge on any atom is -0.496 e. The maximum atomic E-state index is 12.6. The van der Waals surface area contributed by atoms with Crippen LogP contribution >= 0.6 is 0 Å². The molecule has 2 aliphatic rings. The number of benzene rings is 1. The minimum absolute atomic E-state index is 0.0100. The van der Waals surface area contributed by atoms with E-state index in [0.717, 1.165) is 11.1 Å². The Bertz CT molecular complexity index is 804. The van der Waals surface area contributed by atoms with Gasteiger partial charge in [0, 0.05) is 44.3 Å². The van der Waals surface area contributed by atoms with Gasteiger partial charge in [-0.25, -0.2) is 4.79 Å². The summed E-state index contributed by atoms with van der Waals surface area (Å²) in [5.74, 6) is 2.24. The number of carbonyl (C=O) groups is 2. The fourth-order valence-corrected chi connectivity index (χ4v) is 3.38. The third kappa shape index (κ3) is 3.54. The van der Waals surface area contributed by atoms with Gasteiger partial charge in [-0.3, -0.25) is 4.79 Å². The number of carboxylic acids is 1. The van der Waals surface area contributed by atoms with Crippen molar-refractivity contribution < 1.29 is 19.4 Å². The topological polar surface area (TPSA) is 91.6 Å². The maximum Gasteiger partial charge on any atom is 0.335 e. The Balaban J connectivity index is 1.68. The molecule has 2 aliphatic heterocycles. The maximum absolute atomic E-state index is 12.6. The smallest absolute Gasteiger partial charge is 0.335 e. The number of aromatic carboxylic acids is 1. The highest BCUT2D eigenvalue weighted by Gasteiger charge is 2.40. The van der Waals surface area contributed by atoms with Crippen LogP contribution in [0.15, 0.2) is 22.4 Å². The van der Waals surface area contributed by atoms with E-state index in [9.17, 15) is 14.7 Å². The van der Waals surface area contributed by atoms with Crippen molar-refractivity contribution in [1.29, 1.82) is 0 Å². The molecule has 136 valence electrons. The number of hydrogen-bond acceptors (Lipinski definition) is 5. The van der Waals surface area contributed by atoms with Gasteiger partial charge < -0.3 is 14.7 Å². The van der Waals surface area contributed by atoms with Crippen molar-refractivity contribution in [2.45, 2.75) is 44.3 Å². The first-order chi connectivity index (χ1) is 12.5. The SMILES string of the molecule is C#CCCC1(CCC(=O)N2CCc3c(C(=O)O)ccc(OC)c3C2)N=N1. The van der Waals surface area contributed by atoms with Crippen molar-refractivity contribution >= 4 is 11.9 Å². The van der Waals surface area contributed by atoms with E-state index in [-0.39, 0.29) is 11.5 Å². The molecule has 1 aromatic rings. The summed E-state index contributed by atoms with van der Waals surface area (Å²) >= 11 is 0. The molecule has 0 atom stereocenters. The zero-order chi connectivity index (χ0) is 18.7. The molecule has 1 amide bonds. The molecule has 0 radical (unpaired) electrons. The summed E-state index contributed by atoms with van der Waals surface area (Å²) < 4.78 is 5.36. The number of amides is 1. The first kappa shape index (κ1) is 17.9. The van der Waals surface area contributed by atoms with Crippen molar-refractivity contribution in [3.8, 4) is 18.1 Å². The summed E-state index contributed by atoms with van der Waals surface area (Å²) in [7, 11) is 1.54. The second kappa shape index (κ2) is 7.16. The predicted octanol–water partition coefficient (Wildman–Crippen LogP) is 2.63. The van der Waals surface area contributed by atoms with Crippen LogP contribution in [0.5, 0.6) is 5.75 Å². The molecule has 7 nitrogen and oxygen atoms in total. The van der Waals surface area contributed by atoms with Gasteiger partial charge >= 0.3 is 5.97 Å². The molecule has 0 fully saturated rings. The van der Waals surface area contributed by atoms with Crippen LogP contribution in [0.25, 0.3) is 0 Å². The molecule has 0 spiro atoms. The standard InChI is InChI=1S/C19H21N3O4/c1-3-4-9-19(20-21-19)10-7-17(23)22-11-8-13-14(18(24)25)5-6-16(26-2)15(13)12-22/h1,5-6H,4,7-12H2,2H3,(H,24,25). The average Bonchev–Trinajstić information content (AvgIpc) is 3.43. The Hall–Kier alpha value is -2.88. The summed E-state index contributed by atoms with van der Waals surface area (Å²) in [5.41, 5.74) is 1.33. The summed E-state index contributed by atoms with van der Waals surface area (Å²) in [6.07, 6.45) is 7.94. The monoisotopic (exact) mass is 355 g/mol. The van der Waals surface area contributed by atoms with Crippen LogP contribution in [0.4, 0.5) is 0 Å². The summed E-state index contributed by atoms with van der Waals surface area (Å²) in [6, 6.07) is 3.20. The lowest BCUT2D eigenvalue weighted by atomic mass is 9.93. The fraction of sp³-hybridized carbons (Fsp3) is 0.474. The van der Waals surface area contributed by atoms with E-state index < -0.39 is 11.6 Å². The molecule has 0 bridgehead atoms. The van der Waals surface area contributed by atoms with Gasteiger partial charge in [0.2, 0.25) is 5.91 Å². The second-order valence-corrected chi connectivity index (χ2v) is 6.53. The van der Waals surface area contributed by atoms with Gasteiger partial charge in [-0.15, -0.1) is 12.3 Å². The van der Waals surface area contributed by atoms with E-state index in [1.54, 1.807) is 24.1 Å². The van der Waals surface area contributed by atoms with Gasteiger partial charge in [0.25, 0.3) is 0 Å². The van der Waals surface area contributed by atoms with Crippen molar-refractivity contribution in [2.75, 3.05) is 13.7 Å². The van der Waals surface area contributed by atoms with E-state index in [1.165, 1.54) is 0 Å². The number of terminal acetylenes is 1. The largest absolute Gasteiger partial charge is 0.496 e. The van der Waals surface area contributed by atoms with Gasteiger partial charge in [0.1, 0.15) is 5.75 Å². The average molecular weight is 355 g/mol. The van der Waals surface area contributed by atoms with Crippen LogP contribution in [0.3, 0.4) is 0 Å². The van der Waals surface area contributed by atoms with Crippen LogP contribution in [0, 0.1) is 12.3 Å². The number of hydrogen-bond donors (Lipinski definition) is 1. The van der Waals surface area contributed by atoms with Crippen LogP contribution in [0.2, 0.25) is 0 Å². The zero-order valence-electron chi connectivity index (χ0n) is 14.7. The first-order valence-electron chi connectivity index (χ1n) is 8.57. The first-order valence-corrected chi connectivity index (χ1v) is 8.57. The van der Waals surface area contributed by atoms with Crippen molar-refractivity contribution in [1.82, 2.24) is 4.90 Å². The van der Waals surface area contributed by atoms with Crippen molar-refractivity contribution in [2.24, 2.45) is 10.2 Å². The minimum atomic E-state index is -0.962. The van der Waals surface area contributed by atoms with Gasteiger partial charge in [0.05, 0.1) is 12.7 Å². The van der Waals surface area contributed by atoms with Crippen molar-refractivity contribution in [3.63, 3.8) is 0 Å². The summed E-state index contributed by atoms with van der Waals surface area (Å²) in [6.45, 7) is 0.842. The Morgan fingerprint density at radius 2 is 2.12 bits per heavy atom. The number of carbonyl (C=O) groups excluding carboxylic acids is 1. The van der Waals surface area contributed by atoms with Gasteiger partial charge in [-0.2, -0.15) is 10.2 Å². The van der Waals surface area contributed by atoms with E-state index in [4.69, 9.17) is 11.2 Å². The lowest BCUT2D eigenvalue weighted by Crippen LogP contribution is -2.37. The Morgan fingerprint density at radius 3 is 2.73 bits per heavy atom. The highest BCUT2D eigenvalue weighted by Crippen LogP contribution is 2.38. The molecule has 0 saturated heterocycles. The van der Waals surface area contributed by atoms with E-state index >= 15 is 0 Å². The number of ether oxygens (including phenoxy) is 1. The molecule has 0 unspecified atom stereocenters. The number of rotatable bonds is 7. The van der Waals surface area contributed by atoms with Gasteiger partial charge in [-0.1, -0.05) is 0 Å². The van der Waals surface area contributed by atoms with Crippen LogP contribution in [-0.4, -0.2) is 41.2 Å². The number of nitrogens with zero attached hydrogens (tertiary/aromatic N) is 3. The third-order valence-electron chi connectivity index (χ3n) is 4.96.